The van der Waals surface area contributed by atoms with E-state index in [1.807, 2.05) is 12.4 Å². The van der Waals surface area contributed by atoms with E-state index in [1.54, 1.807) is 0 Å². The van der Waals surface area contributed by atoms with Crippen molar-refractivity contribution >= 4 is 11.0 Å². The van der Waals surface area contributed by atoms with Gasteiger partial charge in [-0.25, -0.2) is 4.98 Å². The van der Waals surface area contributed by atoms with E-state index in [9.17, 15) is 0 Å². The molecule has 0 amide bonds. The number of hydrogen-bond donors (Lipinski definition) is 1. The number of benzene rings is 1. The number of hydrogen-bond acceptors (Lipinski definition) is 2. The Morgan fingerprint density at radius 1 is 1.26 bits per heavy atom. The number of aryl methyl sites for hydroxylation is 1. The van der Waals surface area contributed by atoms with Crippen molar-refractivity contribution in [1.82, 2.24) is 14.9 Å². The third-order valence-corrected chi connectivity index (χ3v) is 3.56. The summed E-state index contributed by atoms with van der Waals surface area (Å²) >= 11 is 0. The second-order valence-electron chi connectivity index (χ2n) is 5.28. The van der Waals surface area contributed by atoms with Crippen molar-refractivity contribution in [1.29, 1.82) is 0 Å². The molecule has 0 aliphatic carbocycles. The number of rotatable bonds is 8. The molecule has 3 nitrogen and oxygen atoms in total. The van der Waals surface area contributed by atoms with Crippen LogP contribution >= 0.6 is 0 Å². The predicted octanol–water partition coefficient (Wildman–Crippen LogP) is 3.59. The van der Waals surface area contributed by atoms with Crippen molar-refractivity contribution in [3.63, 3.8) is 0 Å². The third kappa shape index (κ3) is 4.06. The number of para-hydroxylation sites is 2. The van der Waals surface area contributed by atoms with Crippen molar-refractivity contribution in [3.05, 3.63) is 30.6 Å². The summed E-state index contributed by atoms with van der Waals surface area (Å²) in [6.45, 7) is 6.69. The van der Waals surface area contributed by atoms with Gasteiger partial charge < -0.3 is 9.88 Å². The quantitative estimate of drug-likeness (QED) is 0.734. The summed E-state index contributed by atoms with van der Waals surface area (Å²) in [5.41, 5.74) is 2.35. The van der Waals surface area contributed by atoms with E-state index < -0.39 is 0 Å². The molecule has 1 N–H and O–H groups in total. The first-order valence-electron chi connectivity index (χ1n) is 7.44. The fourth-order valence-electron chi connectivity index (χ4n) is 2.41. The van der Waals surface area contributed by atoms with Crippen LogP contribution in [-0.2, 0) is 6.54 Å². The second kappa shape index (κ2) is 7.29. The van der Waals surface area contributed by atoms with Gasteiger partial charge in [0.05, 0.1) is 17.4 Å². The number of nitrogens with zero attached hydrogens (tertiary/aromatic N) is 2. The van der Waals surface area contributed by atoms with E-state index in [0.29, 0.717) is 6.04 Å². The average Bonchev–Trinajstić information content (AvgIpc) is 2.85. The summed E-state index contributed by atoms with van der Waals surface area (Å²) in [7, 11) is 0. The maximum atomic E-state index is 4.42. The number of aromatic nitrogens is 2. The number of unbranched alkanes of at least 4 members (excludes halogenated alkanes) is 1. The van der Waals surface area contributed by atoms with Crippen LogP contribution in [0.3, 0.4) is 0 Å². The summed E-state index contributed by atoms with van der Waals surface area (Å²) in [5.74, 6) is 0. The lowest BCUT2D eigenvalue weighted by Gasteiger charge is -2.12. The second-order valence-corrected chi connectivity index (χ2v) is 5.28. The van der Waals surface area contributed by atoms with Gasteiger partial charge in [0.2, 0.25) is 0 Å². The molecule has 104 valence electrons. The van der Waals surface area contributed by atoms with Gasteiger partial charge in [0.15, 0.2) is 0 Å². The molecule has 2 aromatic rings. The Kier molecular flexibility index (Phi) is 5.40. The van der Waals surface area contributed by atoms with Crippen LogP contribution in [0.25, 0.3) is 11.0 Å². The first kappa shape index (κ1) is 14.1. The highest BCUT2D eigenvalue weighted by molar-refractivity contribution is 5.74. The van der Waals surface area contributed by atoms with Crippen LogP contribution in [-0.4, -0.2) is 22.1 Å². The number of fused-ring (bicyclic) bond motifs is 1. The summed E-state index contributed by atoms with van der Waals surface area (Å²) in [5, 5.41) is 3.54. The SMILES string of the molecule is CCCNC(C)CCCCn1cnc2ccccc21. The predicted molar refractivity (Wildman–Crippen MR) is 81.3 cm³/mol. The van der Waals surface area contributed by atoms with E-state index >= 15 is 0 Å². The van der Waals surface area contributed by atoms with Crippen molar-refractivity contribution < 1.29 is 0 Å². The van der Waals surface area contributed by atoms with Crippen LogP contribution in [0.2, 0.25) is 0 Å². The molecule has 3 heteroatoms. The molecule has 1 heterocycles. The standard InChI is InChI=1S/C16H25N3/c1-3-11-17-14(2)8-6-7-12-19-13-18-15-9-4-5-10-16(15)19/h4-5,9-10,13-14,17H,3,6-8,11-12H2,1-2H3. The molecule has 0 saturated carbocycles. The summed E-state index contributed by atoms with van der Waals surface area (Å²) in [6, 6.07) is 8.98. The largest absolute Gasteiger partial charge is 0.331 e. The van der Waals surface area contributed by atoms with Gasteiger partial charge in [0, 0.05) is 12.6 Å². The first-order valence-corrected chi connectivity index (χ1v) is 7.44. The molecule has 1 atom stereocenters. The normalized spacial score (nSPS) is 12.9. The summed E-state index contributed by atoms with van der Waals surface area (Å²) in [6.07, 6.45) is 6.92. The fraction of sp³-hybridized carbons (Fsp3) is 0.562. The average molecular weight is 259 g/mol. The maximum absolute atomic E-state index is 4.42. The van der Waals surface area contributed by atoms with E-state index in [1.165, 1.54) is 31.2 Å². The molecule has 0 saturated heterocycles. The van der Waals surface area contributed by atoms with E-state index in [0.717, 1.165) is 18.6 Å². The van der Waals surface area contributed by atoms with Gasteiger partial charge in [-0.1, -0.05) is 25.5 Å². The minimum absolute atomic E-state index is 0.638. The lowest BCUT2D eigenvalue weighted by molar-refractivity contribution is 0.477. The molecule has 0 spiro atoms. The van der Waals surface area contributed by atoms with Gasteiger partial charge in [0.1, 0.15) is 0 Å². The molecule has 0 radical (unpaired) electrons. The zero-order valence-electron chi connectivity index (χ0n) is 12.1. The molecule has 1 aromatic heterocycles. The van der Waals surface area contributed by atoms with Gasteiger partial charge in [-0.3, -0.25) is 0 Å². The Hall–Kier alpha value is -1.35. The Morgan fingerprint density at radius 3 is 2.95 bits per heavy atom. The molecular weight excluding hydrogens is 234 g/mol. The fourth-order valence-corrected chi connectivity index (χ4v) is 2.41. The van der Waals surface area contributed by atoms with Crippen LogP contribution in [0.5, 0.6) is 0 Å². The van der Waals surface area contributed by atoms with Crippen molar-refractivity contribution in [2.45, 2.75) is 52.1 Å². The van der Waals surface area contributed by atoms with Gasteiger partial charge in [-0.2, -0.15) is 0 Å². The minimum Gasteiger partial charge on any atom is -0.331 e. The van der Waals surface area contributed by atoms with Crippen molar-refractivity contribution in [2.24, 2.45) is 0 Å². The number of imidazole rings is 1. The molecule has 0 aliphatic rings. The molecule has 0 bridgehead atoms. The smallest absolute Gasteiger partial charge is 0.0958 e. The lowest BCUT2D eigenvalue weighted by atomic mass is 10.1. The van der Waals surface area contributed by atoms with E-state index in [2.05, 4.69) is 46.9 Å². The Bertz CT molecular complexity index is 489. The summed E-state index contributed by atoms with van der Waals surface area (Å²) < 4.78 is 2.26. The van der Waals surface area contributed by atoms with Gasteiger partial charge in [-0.05, 0) is 44.9 Å². The first-order chi connectivity index (χ1) is 9.31. The Balaban J connectivity index is 1.74. The van der Waals surface area contributed by atoms with E-state index in [-0.39, 0.29) is 0 Å². The van der Waals surface area contributed by atoms with Gasteiger partial charge >= 0.3 is 0 Å². The Labute approximate surface area is 116 Å². The van der Waals surface area contributed by atoms with Gasteiger partial charge in [0.25, 0.3) is 0 Å². The molecule has 19 heavy (non-hydrogen) atoms. The van der Waals surface area contributed by atoms with Gasteiger partial charge in [-0.15, -0.1) is 0 Å². The van der Waals surface area contributed by atoms with Crippen LogP contribution in [0.15, 0.2) is 30.6 Å². The molecule has 2 rings (SSSR count). The topological polar surface area (TPSA) is 29.9 Å². The highest BCUT2D eigenvalue weighted by Crippen LogP contribution is 2.13. The molecule has 0 aliphatic heterocycles. The molecule has 1 aromatic carbocycles. The maximum Gasteiger partial charge on any atom is 0.0958 e. The van der Waals surface area contributed by atoms with E-state index in [4.69, 9.17) is 0 Å². The molecule has 0 fully saturated rings. The molecule has 1 unspecified atom stereocenters. The zero-order chi connectivity index (χ0) is 13.5. The lowest BCUT2D eigenvalue weighted by Crippen LogP contribution is -2.26. The third-order valence-electron chi connectivity index (χ3n) is 3.56. The van der Waals surface area contributed by atoms with Crippen molar-refractivity contribution in [3.8, 4) is 0 Å². The highest BCUT2D eigenvalue weighted by Gasteiger charge is 2.02. The Morgan fingerprint density at radius 2 is 2.11 bits per heavy atom. The highest BCUT2D eigenvalue weighted by atomic mass is 15.0. The summed E-state index contributed by atoms with van der Waals surface area (Å²) in [4.78, 5) is 4.42. The molecular formula is C16H25N3. The minimum atomic E-state index is 0.638. The van der Waals surface area contributed by atoms with Crippen molar-refractivity contribution in [2.75, 3.05) is 6.54 Å². The van der Waals surface area contributed by atoms with Crippen LogP contribution in [0.4, 0.5) is 0 Å². The van der Waals surface area contributed by atoms with Crippen LogP contribution < -0.4 is 5.32 Å². The van der Waals surface area contributed by atoms with Crippen LogP contribution in [0.1, 0.15) is 39.5 Å². The number of nitrogens with one attached hydrogen (secondary N) is 1. The zero-order valence-corrected chi connectivity index (χ0v) is 12.1. The monoisotopic (exact) mass is 259 g/mol. The van der Waals surface area contributed by atoms with Crippen LogP contribution in [0, 0.1) is 0 Å².